The van der Waals surface area contributed by atoms with E-state index in [4.69, 9.17) is 32.7 Å². The van der Waals surface area contributed by atoms with E-state index in [0.29, 0.717) is 5.02 Å². The number of hydrogen-bond donors (Lipinski definition) is 1. The van der Waals surface area contributed by atoms with Gasteiger partial charge in [-0.1, -0.05) is 23.2 Å². The number of ether oxygens (including phenoxy) is 2. The normalized spacial score (nSPS) is 11.0. The van der Waals surface area contributed by atoms with Crippen molar-refractivity contribution >= 4 is 50.6 Å². The van der Waals surface area contributed by atoms with Crippen LogP contribution in [0, 0.1) is 10.1 Å². The number of esters is 1. The molecule has 150 valence electrons. The molecule has 12 heteroatoms. The Hall–Kier alpha value is -2.56. The molecule has 0 radical (unpaired) electrons. The average Bonchev–Trinajstić information content (AvgIpc) is 2.55. The number of nitrogens with zero attached hydrogens (tertiary/aromatic N) is 1. The topological polar surface area (TPSA) is 125 Å². The first kappa shape index (κ1) is 21.7. The number of nitrogens with one attached hydrogen (secondary N) is 1. The van der Waals surface area contributed by atoms with Crippen LogP contribution < -0.4 is 9.46 Å². The molecule has 0 heterocycles. The van der Waals surface area contributed by atoms with E-state index in [0.717, 1.165) is 25.3 Å². The zero-order chi connectivity index (χ0) is 21.1. The van der Waals surface area contributed by atoms with Gasteiger partial charge in [0.1, 0.15) is 12.4 Å². The number of sulfonamides is 1. The molecule has 28 heavy (non-hydrogen) atoms. The molecule has 9 nitrogen and oxygen atoms in total. The van der Waals surface area contributed by atoms with Crippen molar-refractivity contribution in [3.63, 3.8) is 0 Å². The van der Waals surface area contributed by atoms with Crippen molar-refractivity contribution in [2.75, 3.05) is 11.0 Å². The molecular weight excluding hydrogens is 435 g/mol. The minimum Gasteiger partial charge on any atom is -0.461 e. The van der Waals surface area contributed by atoms with E-state index < -0.39 is 33.2 Å². The van der Waals surface area contributed by atoms with E-state index in [-0.39, 0.29) is 27.8 Å². The van der Waals surface area contributed by atoms with Crippen molar-refractivity contribution in [3.05, 3.63) is 56.1 Å². The van der Waals surface area contributed by atoms with Gasteiger partial charge >= 0.3 is 5.97 Å². The van der Waals surface area contributed by atoms with Gasteiger partial charge in [-0.25, -0.2) is 8.42 Å². The summed E-state index contributed by atoms with van der Waals surface area (Å²) >= 11 is 11.9. The third-order valence-electron chi connectivity index (χ3n) is 3.22. The van der Waals surface area contributed by atoms with E-state index in [1.807, 2.05) is 0 Å². The van der Waals surface area contributed by atoms with Crippen LogP contribution in [0.15, 0.2) is 30.3 Å². The van der Waals surface area contributed by atoms with Crippen LogP contribution in [0.4, 0.5) is 11.4 Å². The molecule has 0 amide bonds. The van der Waals surface area contributed by atoms with Crippen LogP contribution in [-0.4, -0.2) is 25.6 Å². The first-order chi connectivity index (χ1) is 13.0. The molecule has 2 aromatic rings. The molecule has 2 aromatic carbocycles. The van der Waals surface area contributed by atoms with Gasteiger partial charge in [0.25, 0.3) is 5.69 Å². The lowest BCUT2D eigenvalue weighted by Gasteiger charge is -2.15. The number of rotatable bonds is 7. The smallest absolute Gasteiger partial charge is 0.302 e. The van der Waals surface area contributed by atoms with Crippen molar-refractivity contribution in [1.82, 2.24) is 0 Å². The quantitative estimate of drug-likeness (QED) is 0.383. The zero-order valence-corrected chi connectivity index (χ0v) is 16.9. The van der Waals surface area contributed by atoms with Gasteiger partial charge < -0.3 is 9.47 Å². The van der Waals surface area contributed by atoms with Gasteiger partial charge in [-0.05, 0) is 24.3 Å². The first-order valence-electron chi connectivity index (χ1n) is 7.51. The number of carbonyl (C=O) groups is 1. The molecule has 0 saturated carbocycles. The van der Waals surface area contributed by atoms with Gasteiger partial charge in [0.15, 0.2) is 5.75 Å². The summed E-state index contributed by atoms with van der Waals surface area (Å²) in [5, 5.41) is 11.9. The third-order valence-corrected chi connectivity index (χ3v) is 4.34. The van der Waals surface area contributed by atoms with Gasteiger partial charge in [-0.15, -0.1) is 0 Å². The second-order valence-corrected chi connectivity index (χ2v) is 8.16. The van der Waals surface area contributed by atoms with E-state index in [9.17, 15) is 23.3 Å². The Morgan fingerprint density at radius 2 is 1.89 bits per heavy atom. The highest BCUT2D eigenvalue weighted by Crippen LogP contribution is 2.39. The summed E-state index contributed by atoms with van der Waals surface area (Å²) in [6.07, 6.45) is 0.902. The van der Waals surface area contributed by atoms with E-state index in [1.165, 1.54) is 18.2 Å². The molecular formula is C16H14Cl2N2O7S. The Labute approximate surface area is 170 Å². The molecule has 0 aromatic heterocycles. The Morgan fingerprint density at radius 3 is 2.43 bits per heavy atom. The van der Waals surface area contributed by atoms with Crippen LogP contribution >= 0.6 is 23.2 Å². The van der Waals surface area contributed by atoms with Crippen LogP contribution in [0.1, 0.15) is 12.5 Å². The molecule has 0 spiro atoms. The van der Waals surface area contributed by atoms with Crippen molar-refractivity contribution in [2.24, 2.45) is 0 Å². The lowest BCUT2D eigenvalue weighted by molar-refractivity contribution is -0.385. The predicted molar refractivity (Wildman–Crippen MR) is 104 cm³/mol. The number of halogens is 2. The number of anilines is 1. The van der Waals surface area contributed by atoms with Gasteiger partial charge in [0, 0.05) is 11.9 Å². The summed E-state index contributed by atoms with van der Waals surface area (Å²) in [6.45, 7) is 0.716. The maximum Gasteiger partial charge on any atom is 0.302 e. The number of carbonyl (C=O) groups excluding carboxylic acids is 1. The predicted octanol–water partition coefficient (Wildman–Crippen LogP) is 4.13. The number of hydrogen-bond acceptors (Lipinski definition) is 7. The van der Waals surface area contributed by atoms with Crippen molar-refractivity contribution < 1.29 is 27.6 Å². The van der Waals surface area contributed by atoms with Crippen molar-refractivity contribution in [1.29, 1.82) is 0 Å². The molecule has 0 aliphatic rings. The molecule has 0 fully saturated rings. The summed E-state index contributed by atoms with van der Waals surface area (Å²) in [4.78, 5) is 21.7. The number of nitro groups is 1. The van der Waals surface area contributed by atoms with Crippen LogP contribution in [0.3, 0.4) is 0 Å². The van der Waals surface area contributed by atoms with E-state index in [1.54, 1.807) is 0 Å². The maximum atomic E-state index is 11.7. The van der Waals surface area contributed by atoms with E-state index >= 15 is 0 Å². The first-order valence-corrected chi connectivity index (χ1v) is 10.2. The molecule has 0 bridgehead atoms. The highest BCUT2D eigenvalue weighted by atomic mass is 35.5. The molecule has 0 atom stereocenters. The molecule has 1 N–H and O–H groups in total. The lowest BCUT2D eigenvalue weighted by atomic mass is 10.1. The second kappa shape index (κ2) is 8.63. The standard InChI is InChI=1S/C16H14Cl2N2O7S/c1-9(21)26-8-10-5-13(19-28(2,24)25)16(7-14(10)20(22)23)27-15-4-3-11(17)6-12(15)18/h3-7,19H,8H2,1-2H3. The highest BCUT2D eigenvalue weighted by molar-refractivity contribution is 7.92. The summed E-state index contributed by atoms with van der Waals surface area (Å²) in [5.74, 6) is -0.724. The van der Waals surface area contributed by atoms with Crippen molar-refractivity contribution in [2.45, 2.75) is 13.5 Å². The van der Waals surface area contributed by atoms with Gasteiger partial charge in [0.05, 0.1) is 33.5 Å². The minimum absolute atomic E-state index is 0.0269. The molecule has 0 saturated heterocycles. The number of benzene rings is 2. The SMILES string of the molecule is CC(=O)OCc1cc(NS(C)(=O)=O)c(Oc2ccc(Cl)cc2Cl)cc1[N+](=O)[O-]. The Morgan fingerprint density at radius 1 is 1.21 bits per heavy atom. The van der Waals surface area contributed by atoms with Crippen LogP contribution in [0.5, 0.6) is 11.5 Å². The monoisotopic (exact) mass is 448 g/mol. The fraction of sp³-hybridized carbons (Fsp3) is 0.188. The average molecular weight is 449 g/mol. The summed E-state index contributed by atoms with van der Waals surface area (Å²) < 4.78 is 36.0. The van der Waals surface area contributed by atoms with Crippen LogP contribution in [0.25, 0.3) is 0 Å². The molecule has 2 rings (SSSR count). The lowest BCUT2D eigenvalue weighted by Crippen LogP contribution is -2.12. The Balaban J connectivity index is 2.58. The fourth-order valence-corrected chi connectivity index (χ4v) is 3.13. The Kier molecular flexibility index (Phi) is 6.70. The van der Waals surface area contributed by atoms with Gasteiger partial charge in [-0.3, -0.25) is 19.6 Å². The van der Waals surface area contributed by atoms with Crippen LogP contribution in [-0.2, 0) is 26.2 Å². The summed E-state index contributed by atoms with van der Waals surface area (Å²) in [5.41, 5.74) is -0.553. The van der Waals surface area contributed by atoms with Gasteiger partial charge in [-0.2, -0.15) is 0 Å². The maximum absolute atomic E-state index is 11.7. The second-order valence-electron chi connectivity index (χ2n) is 5.57. The van der Waals surface area contributed by atoms with Crippen LogP contribution in [0.2, 0.25) is 10.0 Å². The van der Waals surface area contributed by atoms with Crippen molar-refractivity contribution in [3.8, 4) is 11.5 Å². The summed E-state index contributed by atoms with van der Waals surface area (Å²) in [7, 11) is -3.75. The third kappa shape index (κ3) is 5.98. The zero-order valence-electron chi connectivity index (χ0n) is 14.6. The molecule has 0 unspecified atom stereocenters. The molecule has 0 aliphatic carbocycles. The largest absolute Gasteiger partial charge is 0.461 e. The summed E-state index contributed by atoms with van der Waals surface area (Å²) in [6, 6.07) is 6.47. The minimum atomic E-state index is -3.75. The van der Waals surface area contributed by atoms with E-state index in [2.05, 4.69) is 4.72 Å². The van der Waals surface area contributed by atoms with Gasteiger partial charge in [0.2, 0.25) is 10.0 Å². The molecule has 0 aliphatic heterocycles. The Bertz CT molecular complexity index is 1040. The highest BCUT2D eigenvalue weighted by Gasteiger charge is 2.22. The fourth-order valence-electron chi connectivity index (χ4n) is 2.12. The number of nitro benzene ring substituents is 1.